The number of furan rings is 1. The lowest BCUT2D eigenvalue weighted by atomic mass is 10.1. The zero-order valence-corrected chi connectivity index (χ0v) is 16.6. The zero-order valence-electron chi connectivity index (χ0n) is 16.6. The Morgan fingerprint density at radius 1 is 0.897 bits per heavy atom. The smallest absolute Gasteiger partial charge is 0.251 e. The number of ether oxygens (including phenoxy) is 3. The van der Waals surface area contributed by atoms with Gasteiger partial charge in [0.15, 0.2) is 17.3 Å². The van der Waals surface area contributed by atoms with Crippen LogP contribution in [0.5, 0.6) is 17.2 Å². The molecule has 7 nitrogen and oxygen atoms in total. The molecule has 0 saturated heterocycles. The Morgan fingerprint density at radius 3 is 2.48 bits per heavy atom. The summed E-state index contributed by atoms with van der Waals surface area (Å²) in [5.74, 6) is 3.41. The third-order valence-corrected chi connectivity index (χ3v) is 4.61. The molecule has 0 N–H and O–H groups in total. The third-order valence-electron chi connectivity index (χ3n) is 4.61. The maximum Gasteiger partial charge on any atom is 0.251 e. The first-order chi connectivity index (χ1) is 14.1. The highest BCUT2D eigenvalue weighted by molar-refractivity contribution is 5.87. The van der Waals surface area contributed by atoms with E-state index in [1.807, 2.05) is 49.4 Å². The fraction of sp³-hybridized carbons (Fsp3) is 0.182. The fourth-order valence-electron chi connectivity index (χ4n) is 3.06. The first-order valence-electron chi connectivity index (χ1n) is 8.94. The van der Waals surface area contributed by atoms with Gasteiger partial charge < -0.3 is 23.2 Å². The maximum absolute atomic E-state index is 5.92. The molecule has 0 spiro atoms. The van der Waals surface area contributed by atoms with Crippen LogP contribution in [0.25, 0.3) is 34.7 Å². The number of rotatable bonds is 6. The molecule has 0 aliphatic rings. The average Bonchev–Trinajstić information content (AvgIpc) is 3.36. The van der Waals surface area contributed by atoms with Crippen LogP contribution in [0.2, 0.25) is 0 Å². The fourth-order valence-corrected chi connectivity index (χ4v) is 3.06. The molecule has 29 heavy (non-hydrogen) atoms. The number of fused-ring (bicyclic) bond motifs is 1. The molecule has 7 heteroatoms. The van der Waals surface area contributed by atoms with Gasteiger partial charge in [0.2, 0.25) is 5.82 Å². The van der Waals surface area contributed by atoms with Crippen LogP contribution in [0.1, 0.15) is 17.0 Å². The van der Waals surface area contributed by atoms with Crippen LogP contribution >= 0.6 is 0 Å². The SMILES string of the molecule is COc1ccc2oc(-c3noc(C=Cc4ccc(OC)c(OC)c4)n3)c(C)c2c1. The van der Waals surface area contributed by atoms with Crippen LogP contribution in [0, 0.1) is 6.92 Å². The molecule has 0 atom stereocenters. The van der Waals surface area contributed by atoms with Crippen molar-refractivity contribution in [3.8, 4) is 28.8 Å². The van der Waals surface area contributed by atoms with Crippen LogP contribution in [0.3, 0.4) is 0 Å². The van der Waals surface area contributed by atoms with Crippen LogP contribution < -0.4 is 14.2 Å². The van der Waals surface area contributed by atoms with E-state index in [0.717, 1.165) is 27.8 Å². The molecule has 0 aliphatic heterocycles. The summed E-state index contributed by atoms with van der Waals surface area (Å²) in [6.07, 6.45) is 3.59. The Kier molecular flexibility index (Phi) is 4.95. The number of benzene rings is 2. The Hall–Kier alpha value is -3.74. The van der Waals surface area contributed by atoms with E-state index in [1.165, 1.54) is 0 Å². The van der Waals surface area contributed by atoms with E-state index in [4.69, 9.17) is 23.2 Å². The first kappa shape index (κ1) is 18.6. The Bertz CT molecular complexity index is 1190. The summed E-state index contributed by atoms with van der Waals surface area (Å²) >= 11 is 0. The highest BCUT2D eigenvalue weighted by atomic mass is 16.5. The summed E-state index contributed by atoms with van der Waals surface area (Å²) in [6, 6.07) is 11.2. The maximum atomic E-state index is 5.92. The van der Waals surface area contributed by atoms with Gasteiger partial charge in [-0.2, -0.15) is 4.98 Å². The van der Waals surface area contributed by atoms with Gasteiger partial charge in [0.05, 0.1) is 21.3 Å². The minimum Gasteiger partial charge on any atom is -0.497 e. The Labute approximate surface area is 167 Å². The van der Waals surface area contributed by atoms with Gasteiger partial charge in [-0.05, 0) is 48.9 Å². The van der Waals surface area contributed by atoms with Gasteiger partial charge in [-0.3, -0.25) is 0 Å². The van der Waals surface area contributed by atoms with E-state index < -0.39 is 0 Å². The summed E-state index contributed by atoms with van der Waals surface area (Å²) in [5.41, 5.74) is 2.58. The van der Waals surface area contributed by atoms with E-state index in [1.54, 1.807) is 27.4 Å². The normalized spacial score (nSPS) is 11.3. The number of methoxy groups -OCH3 is 3. The van der Waals surface area contributed by atoms with Crippen LogP contribution in [-0.2, 0) is 0 Å². The van der Waals surface area contributed by atoms with Crippen LogP contribution in [0.4, 0.5) is 0 Å². The van der Waals surface area contributed by atoms with E-state index in [0.29, 0.717) is 29.0 Å². The van der Waals surface area contributed by atoms with E-state index >= 15 is 0 Å². The molecule has 0 fully saturated rings. The number of aryl methyl sites for hydroxylation is 1. The highest BCUT2D eigenvalue weighted by Gasteiger charge is 2.18. The minimum absolute atomic E-state index is 0.368. The number of hydrogen-bond donors (Lipinski definition) is 0. The Morgan fingerprint density at radius 2 is 1.72 bits per heavy atom. The molecule has 2 aromatic carbocycles. The molecule has 0 bridgehead atoms. The van der Waals surface area contributed by atoms with E-state index in [2.05, 4.69) is 10.1 Å². The molecule has 0 radical (unpaired) electrons. The molecule has 0 amide bonds. The van der Waals surface area contributed by atoms with Crippen LogP contribution in [-0.4, -0.2) is 31.5 Å². The summed E-state index contributed by atoms with van der Waals surface area (Å²) in [4.78, 5) is 4.43. The van der Waals surface area contributed by atoms with Crippen molar-refractivity contribution in [2.75, 3.05) is 21.3 Å². The number of aromatic nitrogens is 2. The predicted molar refractivity (Wildman–Crippen MR) is 109 cm³/mol. The quantitative estimate of drug-likeness (QED) is 0.457. The second kappa shape index (κ2) is 7.71. The van der Waals surface area contributed by atoms with Crippen molar-refractivity contribution >= 4 is 23.1 Å². The number of nitrogens with zero attached hydrogens (tertiary/aromatic N) is 2. The lowest BCUT2D eigenvalue weighted by Gasteiger charge is -2.07. The molecule has 4 aromatic rings. The van der Waals surface area contributed by atoms with Crippen molar-refractivity contribution in [2.45, 2.75) is 6.92 Å². The first-order valence-corrected chi connectivity index (χ1v) is 8.94. The van der Waals surface area contributed by atoms with Crippen molar-refractivity contribution in [3.05, 3.63) is 53.4 Å². The van der Waals surface area contributed by atoms with Crippen molar-refractivity contribution < 1.29 is 23.2 Å². The Balaban J connectivity index is 1.61. The van der Waals surface area contributed by atoms with Crippen molar-refractivity contribution in [2.24, 2.45) is 0 Å². The molecular formula is C22H20N2O5. The summed E-state index contributed by atoms with van der Waals surface area (Å²) in [5, 5.41) is 5.00. The molecule has 0 unspecified atom stereocenters. The summed E-state index contributed by atoms with van der Waals surface area (Å²) in [7, 11) is 4.83. The zero-order chi connectivity index (χ0) is 20.4. The van der Waals surface area contributed by atoms with Gasteiger partial charge in [-0.15, -0.1) is 0 Å². The molecule has 148 valence electrons. The summed E-state index contributed by atoms with van der Waals surface area (Å²) in [6.45, 7) is 1.95. The highest BCUT2D eigenvalue weighted by Crippen LogP contribution is 2.34. The lowest BCUT2D eigenvalue weighted by Crippen LogP contribution is -1.90. The van der Waals surface area contributed by atoms with Crippen LogP contribution in [0.15, 0.2) is 45.3 Å². The van der Waals surface area contributed by atoms with Crippen molar-refractivity contribution in [1.29, 1.82) is 0 Å². The van der Waals surface area contributed by atoms with E-state index in [9.17, 15) is 0 Å². The summed E-state index contributed by atoms with van der Waals surface area (Å²) < 4.78 is 27.1. The second-order valence-corrected chi connectivity index (χ2v) is 6.32. The van der Waals surface area contributed by atoms with Gasteiger partial charge in [-0.1, -0.05) is 11.2 Å². The molecular weight excluding hydrogens is 372 g/mol. The third kappa shape index (κ3) is 3.54. The molecule has 2 aromatic heterocycles. The second-order valence-electron chi connectivity index (χ2n) is 6.32. The lowest BCUT2D eigenvalue weighted by molar-refractivity contribution is 0.355. The average molecular weight is 392 g/mol. The standard InChI is InChI=1S/C22H20N2O5/c1-13-16-12-15(25-2)7-9-17(16)28-21(13)22-23-20(29-24-22)10-6-14-5-8-18(26-3)19(11-14)27-4/h5-12H,1-4H3. The molecule has 4 rings (SSSR count). The minimum atomic E-state index is 0.368. The van der Waals surface area contributed by atoms with Crippen molar-refractivity contribution in [3.63, 3.8) is 0 Å². The monoisotopic (exact) mass is 392 g/mol. The predicted octanol–water partition coefficient (Wildman–Crippen LogP) is 4.99. The number of hydrogen-bond acceptors (Lipinski definition) is 7. The largest absolute Gasteiger partial charge is 0.497 e. The van der Waals surface area contributed by atoms with Gasteiger partial charge in [0.1, 0.15) is 11.3 Å². The van der Waals surface area contributed by atoms with Gasteiger partial charge >= 0.3 is 0 Å². The van der Waals surface area contributed by atoms with Crippen molar-refractivity contribution in [1.82, 2.24) is 10.1 Å². The van der Waals surface area contributed by atoms with Gasteiger partial charge in [-0.25, -0.2) is 0 Å². The molecule has 0 aliphatic carbocycles. The van der Waals surface area contributed by atoms with Gasteiger partial charge in [0, 0.05) is 17.0 Å². The van der Waals surface area contributed by atoms with Gasteiger partial charge in [0.25, 0.3) is 5.89 Å². The molecule has 0 saturated carbocycles. The molecule has 2 heterocycles. The van der Waals surface area contributed by atoms with E-state index in [-0.39, 0.29) is 0 Å². The topological polar surface area (TPSA) is 79.8 Å².